The molecule has 1 saturated heterocycles. The summed E-state index contributed by atoms with van der Waals surface area (Å²) < 4.78 is 7.60. The van der Waals surface area contributed by atoms with Gasteiger partial charge in [0.05, 0.1) is 22.9 Å². The molecule has 3 heterocycles. The second-order valence-corrected chi connectivity index (χ2v) is 8.95. The van der Waals surface area contributed by atoms with E-state index in [0.29, 0.717) is 30.5 Å². The Hall–Kier alpha value is -4.47. The van der Waals surface area contributed by atoms with Crippen LogP contribution in [0, 0.1) is 10.1 Å². The fraction of sp³-hybridized carbons (Fsp3) is 0.269. The summed E-state index contributed by atoms with van der Waals surface area (Å²) in [6.07, 6.45) is 6.36. The van der Waals surface area contributed by atoms with Gasteiger partial charge in [0.1, 0.15) is 17.6 Å². The van der Waals surface area contributed by atoms with Crippen LogP contribution >= 0.6 is 0 Å². The lowest BCUT2D eigenvalue weighted by Gasteiger charge is -2.25. The third kappa shape index (κ3) is 4.21. The number of hydrogen-bond acceptors (Lipinski definition) is 7. The van der Waals surface area contributed by atoms with Crippen molar-refractivity contribution in [2.75, 3.05) is 6.54 Å². The largest absolute Gasteiger partial charge is 0.507 e. The fourth-order valence-corrected chi connectivity index (χ4v) is 4.80. The average molecular weight is 489 g/mol. The molecule has 10 heteroatoms. The normalized spacial score (nSPS) is 20.4. The zero-order chi connectivity index (χ0) is 25.4. The fourth-order valence-electron chi connectivity index (χ4n) is 4.80. The molecule has 2 aliphatic heterocycles. The zero-order valence-corrected chi connectivity index (χ0v) is 19.5. The summed E-state index contributed by atoms with van der Waals surface area (Å²) in [5.74, 6) is -1.06. The molecule has 0 unspecified atom stereocenters. The Morgan fingerprint density at radius 1 is 1.19 bits per heavy atom. The number of aryl methyl sites for hydroxylation is 1. The van der Waals surface area contributed by atoms with Gasteiger partial charge in [-0.3, -0.25) is 19.7 Å². The SMILES string of the molecule is C[C@@H]1Cc2cc(/C(O)=C3\C(=O)C(=O)N(CCCn4ccnc4)[C@@H]3c3ccc([N+](=O)[O-])cc3)ccc2O1. The van der Waals surface area contributed by atoms with Crippen LogP contribution in [0.5, 0.6) is 5.75 Å². The molecule has 5 rings (SSSR count). The molecule has 10 nitrogen and oxygen atoms in total. The predicted molar refractivity (Wildman–Crippen MR) is 129 cm³/mol. The predicted octanol–water partition coefficient (Wildman–Crippen LogP) is 3.63. The number of non-ortho nitro benzene ring substituents is 1. The minimum absolute atomic E-state index is 0.0126. The lowest BCUT2D eigenvalue weighted by molar-refractivity contribution is -0.384. The van der Waals surface area contributed by atoms with Crippen molar-refractivity contribution in [1.29, 1.82) is 0 Å². The van der Waals surface area contributed by atoms with Crippen LogP contribution in [0.15, 0.2) is 66.8 Å². The van der Waals surface area contributed by atoms with Crippen LogP contribution in [0.3, 0.4) is 0 Å². The van der Waals surface area contributed by atoms with Gasteiger partial charge in [-0.25, -0.2) is 4.98 Å². The number of aromatic nitrogens is 2. The van der Waals surface area contributed by atoms with Crippen LogP contribution in [0.2, 0.25) is 0 Å². The van der Waals surface area contributed by atoms with E-state index in [0.717, 1.165) is 11.3 Å². The number of carbonyl (C=O) groups excluding carboxylic acids is 2. The number of ether oxygens (including phenoxy) is 1. The van der Waals surface area contributed by atoms with Gasteiger partial charge in [0.2, 0.25) is 0 Å². The number of benzene rings is 2. The van der Waals surface area contributed by atoms with E-state index in [1.54, 1.807) is 36.9 Å². The first-order valence-electron chi connectivity index (χ1n) is 11.6. The molecule has 1 fully saturated rings. The lowest BCUT2D eigenvalue weighted by Crippen LogP contribution is -2.31. The molecule has 0 aliphatic carbocycles. The Morgan fingerprint density at radius 2 is 1.97 bits per heavy atom. The van der Waals surface area contributed by atoms with E-state index in [1.807, 2.05) is 11.5 Å². The Morgan fingerprint density at radius 3 is 2.67 bits per heavy atom. The van der Waals surface area contributed by atoms with E-state index < -0.39 is 22.7 Å². The van der Waals surface area contributed by atoms with E-state index in [2.05, 4.69) is 4.98 Å². The Labute approximate surface area is 206 Å². The van der Waals surface area contributed by atoms with Crippen LogP contribution in [0.4, 0.5) is 5.69 Å². The number of aliphatic hydroxyl groups is 1. The molecule has 36 heavy (non-hydrogen) atoms. The van der Waals surface area contributed by atoms with Crippen molar-refractivity contribution >= 4 is 23.1 Å². The summed E-state index contributed by atoms with van der Waals surface area (Å²) in [4.78, 5) is 42.4. The van der Waals surface area contributed by atoms with Gasteiger partial charge in [-0.2, -0.15) is 0 Å². The summed E-state index contributed by atoms with van der Waals surface area (Å²) in [5.41, 5.74) is 1.68. The molecule has 3 aromatic rings. The standard InChI is InChI=1S/C26H24N4O6/c1-16-13-19-14-18(5-8-21(19)36-16)24(31)22-23(17-3-6-20(7-4-17)30(34)35)29(26(33)25(22)32)11-2-10-28-12-9-27-15-28/h3-9,12,14-16,23,31H,2,10-11,13H2,1H3/b24-22+/t16-,23-/m1/s1. The van der Waals surface area contributed by atoms with Crippen molar-refractivity contribution in [3.63, 3.8) is 0 Å². The maximum atomic E-state index is 13.2. The van der Waals surface area contributed by atoms with Gasteiger partial charge in [0.25, 0.3) is 17.4 Å². The van der Waals surface area contributed by atoms with Crippen molar-refractivity contribution in [2.24, 2.45) is 0 Å². The maximum Gasteiger partial charge on any atom is 0.295 e. The van der Waals surface area contributed by atoms with Gasteiger partial charge in [-0.05, 0) is 54.8 Å². The topological polar surface area (TPSA) is 128 Å². The van der Waals surface area contributed by atoms with Crippen molar-refractivity contribution < 1.29 is 24.4 Å². The number of ketones is 1. The first kappa shape index (κ1) is 23.3. The highest BCUT2D eigenvalue weighted by Crippen LogP contribution is 2.41. The molecule has 2 atom stereocenters. The third-order valence-electron chi connectivity index (χ3n) is 6.50. The number of nitro groups is 1. The molecule has 0 saturated carbocycles. The van der Waals surface area contributed by atoms with Crippen LogP contribution in [-0.4, -0.2) is 48.8 Å². The van der Waals surface area contributed by atoms with E-state index in [-0.39, 0.29) is 29.7 Å². The molecular formula is C26H24N4O6. The quantitative estimate of drug-likeness (QED) is 0.177. The highest BCUT2D eigenvalue weighted by atomic mass is 16.6. The summed E-state index contributed by atoms with van der Waals surface area (Å²) in [5, 5.41) is 22.4. The van der Waals surface area contributed by atoms with Crippen LogP contribution < -0.4 is 4.74 Å². The van der Waals surface area contributed by atoms with Crippen LogP contribution in [-0.2, 0) is 22.6 Å². The Bertz CT molecular complexity index is 1360. The van der Waals surface area contributed by atoms with Crippen molar-refractivity contribution in [3.8, 4) is 5.75 Å². The number of imidazole rings is 1. The van der Waals surface area contributed by atoms with E-state index >= 15 is 0 Å². The maximum absolute atomic E-state index is 13.2. The third-order valence-corrected chi connectivity index (χ3v) is 6.50. The Balaban J connectivity index is 1.54. The number of nitro benzene ring substituents is 1. The van der Waals surface area contributed by atoms with Crippen molar-refractivity contribution in [2.45, 2.75) is 38.5 Å². The molecule has 2 aliphatic rings. The summed E-state index contributed by atoms with van der Waals surface area (Å²) in [6, 6.07) is 9.99. The number of rotatable bonds is 7. The first-order valence-corrected chi connectivity index (χ1v) is 11.6. The highest BCUT2D eigenvalue weighted by Gasteiger charge is 2.46. The van der Waals surface area contributed by atoms with E-state index in [9.17, 15) is 24.8 Å². The van der Waals surface area contributed by atoms with Gasteiger partial charge in [-0.1, -0.05) is 0 Å². The molecule has 1 aromatic heterocycles. The minimum atomic E-state index is -0.878. The molecule has 0 radical (unpaired) electrons. The van der Waals surface area contributed by atoms with Crippen molar-refractivity contribution in [1.82, 2.24) is 14.5 Å². The number of nitrogens with zero attached hydrogens (tertiary/aromatic N) is 4. The minimum Gasteiger partial charge on any atom is -0.507 e. The summed E-state index contributed by atoms with van der Waals surface area (Å²) in [7, 11) is 0. The van der Waals surface area contributed by atoms with Gasteiger partial charge >= 0.3 is 0 Å². The average Bonchev–Trinajstić information content (AvgIpc) is 3.57. The lowest BCUT2D eigenvalue weighted by atomic mass is 9.94. The molecule has 0 spiro atoms. The molecule has 1 amide bonds. The Kier molecular flexibility index (Phi) is 6.01. The second-order valence-electron chi connectivity index (χ2n) is 8.95. The number of Topliss-reactive ketones (excluding diaryl/α,β-unsaturated/α-hetero) is 1. The van der Waals surface area contributed by atoms with Gasteiger partial charge in [0.15, 0.2) is 0 Å². The van der Waals surface area contributed by atoms with Crippen molar-refractivity contribution in [3.05, 3.63) is 93.6 Å². The number of likely N-dealkylation sites (tertiary alicyclic amines) is 1. The molecule has 0 bridgehead atoms. The number of amides is 1. The molecule has 1 N–H and O–H groups in total. The van der Waals surface area contributed by atoms with Gasteiger partial charge in [0, 0.05) is 49.6 Å². The molecular weight excluding hydrogens is 464 g/mol. The number of fused-ring (bicyclic) bond motifs is 1. The van der Waals surface area contributed by atoms with Crippen LogP contribution in [0.1, 0.15) is 36.1 Å². The molecule has 184 valence electrons. The summed E-state index contributed by atoms with van der Waals surface area (Å²) in [6.45, 7) is 2.78. The van der Waals surface area contributed by atoms with E-state index in [4.69, 9.17) is 4.74 Å². The molecule has 2 aromatic carbocycles. The van der Waals surface area contributed by atoms with Gasteiger partial charge in [-0.15, -0.1) is 0 Å². The highest BCUT2D eigenvalue weighted by molar-refractivity contribution is 6.46. The second kappa shape index (κ2) is 9.29. The van der Waals surface area contributed by atoms with E-state index in [1.165, 1.54) is 29.2 Å². The monoisotopic (exact) mass is 488 g/mol. The summed E-state index contributed by atoms with van der Waals surface area (Å²) >= 11 is 0. The first-order chi connectivity index (χ1) is 17.3. The van der Waals surface area contributed by atoms with Crippen LogP contribution in [0.25, 0.3) is 5.76 Å². The number of carbonyl (C=O) groups is 2. The number of aliphatic hydroxyl groups excluding tert-OH is 1. The number of hydrogen-bond donors (Lipinski definition) is 1. The van der Waals surface area contributed by atoms with Gasteiger partial charge < -0.3 is 19.3 Å². The smallest absolute Gasteiger partial charge is 0.295 e. The zero-order valence-electron chi connectivity index (χ0n) is 19.5.